The lowest BCUT2D eigenvalue weighted by molar-refractivity contribution is 0.174. The average Bonchev–Trinajstić information content (AvgIpc) is 3.33. The monoisotopic (exact) mass is 364 g/mol. The van der Waals surface area contributed by atoms with Crippen molar-refractivity contribution in [2.45, 2.75) is 6.42 Å². The smallest absolute Gasteiger partial charge is 0.231 e. The van der Waals surface area contributed by atoms with E-state index >= 15 is 0 Å². The van der Waals surface area contributed by atoms with Gasteiger partial charge < -0.3 is 9.47 Å². The largest absolute Gasteiger partial charge is 0.454 e. The quantitative estimate of drug-likeness (QED) is 0.412. The fraction of sp³-hybridized carbons (Fsp3) is 0.0800. The molecule has 3 heteroatoms. The van der Waals surface area contributed by atoms with Gasteiger partial charge in [-0.25, -0.2) is 0 Å². The molecule has 0 radical (unpaired) electrons. The first-order chi connectivity index (χ1) is 13.8. The topological polar surface area (TPSA) is 35.5 Å². The summed E-state index contributed by atoms with van der Waals surface area (Å²) in [6, 6.07) is 24.1. The molecule has 1 aliphatic heterocycles. The van der Waals surface area contributed by atoms with Crippen LogP contribution in [0.15, 0.2) is 77.6 Å². The molecule has 4 aromatic carbocycles. The highest BCUT2D eigenvalue weighted by atomic mass is 16.7. The van der Waals surface area contributed by atoms with Crippen molar-refractivity contribution in [1.82, 2.24) is 0 Å². The standard InChI is InChI=1S/C25H16O3/c26-22-13-20(16-9-10-23-24(12-16)28-14-27-23)25-17-6-2-1-5-15(17)11-21(25)18-7-3-4-8-19(18)22/h1-10,12-13H,11,14H2. The molecule has 0 saturated carbocycles. The van der Waals surface area contributed by atoms with Gasteiger partial charge >= 0.3 is 0 Å². The van der Waals surface area contributed by atoms with Crippen LogP contribution in [0.5, 0.6) is 11.5 Å². The molecular formula is C25H16O3. The summed E-state index contributed by atoms with van der Waals surface area (Å²) in [6.45, 7) is 0.235. The number of benzene rings is 3. The van der Waals surface area contributed by atoms with Crippen LogP contribution in [0.2, 0.25) is 0 Å². The van der Waals surface area contributed by atoms with Crippen LogP contribution < -0.4 is 14.9 Å². The van der Waals surface area contributed by atoms with Gasteiger partial charge in [0.1, 0.15) is 0 Å². The predicted molar refractivity (Wildman–Crippen MR) is 110 cm³/mol. The first kappa shape index (κ1) is 15.5. The molecule has 0 bridgehead atoms. The number of ether oxygens (including phenoxy) is 2. The van der Waals surface area contributed by atoms with Crippen LogP contribution >= 0.6 is 0 Å². The maximum absolute atomic E-state index is 13.1. The van der Waals surface area contributed by atoms with Crippen LogP contribution in [0.1, 0.15) is 11.1 Å². The number of fused-ring (bicyclic) bond motifs is 6. The summed E-state index contributed by atoms with van der Waals surface area (Å²) in [5.74, 6) is 1.47. The van der Waals surface area contributed by atoms with Crippen LogP contribution in [0, 0.1) is 0 Å². The van der Waals surface area contributed by atoms with E-state index < -0.39 is 0 Å². The fourth-order valence-electron chi connectivity index (χ4n) is 4.43. The van der Waals surface area contributed by atoms with Crippen LogP contribution in [0.3, 0.4) is 0 Å². The summed E-state index contributed by atoms with van der Waals surface area (Å²) in [4.78, 5) is 13.1. The minimum Gasteiger partial charge on any atom is -0.454 e. The summed E-state index contributed by atoms with van der Waals surface area (Å²) >= 11 is 0. The molecule has 1 aliphatic carbocycles. The molecule has 4 aromatic rings. The van der Waals surface area contributed by atoms with Gasteiger partial charge in [0, 0.05) is 5.39 Å². The van der Waals surface area contributed by atoms with E-state index in [9.17, 15) is 4.79 Å². The molecule has 0 fully saturated rings. The molecule has 3 nitrogen and oxygen atoms in total. The Morgan fingerprint density at radius 2 is 1.50 bits per heavy atom. The molecule has 6 rings (SSSR count). The second-order valence-corrected chi connectivity index (χ2v) is 7.22. The van der Waals surface area contributed by atoms with E-state index in [1.807, 2.05) is 36.4 Å². The Labute approximate surface area is 161 Å². The van der Waals surface area contributed by atoms with Gasteiger partial charge in [-0.1, -0.05) is 54.6 Å². The van der Waals surface area contributed by atoms with Gasteiger partial charge in [0.2, 0.25) is 6.79 Å². The molecular weight excluding hydrogens is 348 g/mol. The lowest BCUT2D eigenvalue weighted by Crippen LogP contribution is -1.96. The van der Waals surface area contributed by atoms with Crippen molar-refractivity contribution < 1.29 is 9.47 Å². The molecule has 28 heavy (non-hydrogen) atoms. The molecule has 0 saturated heterocycles. The Morgan fingerprint density at radius 3 is 2.43 bits per heavy atom. The van der Waals surface area contributed by atoms with Gasteiger partial charge in [0.15, 0.2) is 16.9 Å². The van der Waals surface area contributed by atoms with Gasteiger partial charge in [-0.15, -0.1) is 0 Å². The third kappa shape index (κ3) is 2.13. The van der Waals surface area contributed by atoms with Crippen molar-refractivity contribution >= 4 is 10.8 Å². The van der Waals surface area contributed by atoms with E-state index in [1.165, 1.54) is 16.7 Å². The van der Waals surface area contributed by atoms with E-state index in [2.05, 4.69) is 30.3 Å². The predicted octanol–water partition coefficient (Wildman–Crippen LogP) is 5.17. The maximum Gasteiger partial charge on any atom is 0.231 e. The first-order valence-electron chi connectivity index (χ1n) is 9.37. The summed E-state index contributed by atoms with van der Waals surface area (Å²) in [7, 11) is 0. The van der Waals surface area contributed by atoms with Crippen molar-refractivity contribution in [2.24, 2.45) is 0 Å². The molecule has 0 atom stereocenters. The highest BCUT2D eigenvalue weighted by Gasteiger charge is 2.25. The molecule has 0 amide bonds. The van der Waals surface area contributed by atoms with Crippen LogP contribution in [0.4, 0.5) is 0 Å². The minimum atomic E-state index is 0.0372. The van der Waals surface area contributed by atoms with Crippen LogP contribution in [-0.4, -0.2) is 6.79 Å². The second kappa shape index (κ2) is 5.70. The lowest BCUT2D eigenvalue weighted by Gasteiger charge is -2.08. The highest BCUT2D eigenvalue weighted by molar-refractivity contribution is 5.99. The zero-order valence-corrected chi connectivity index (χ0v) is 15.1. The first-order valence-corrected chi connectivity index (χ1v) is 9.37. The van der Waals surface area contributed by atoms with E-state index in [4.69, 9.17) is 9.47 Å². The summed E-state index contributed by atoms with van der Waals surface area (Å²) in [6.07, 6.45) is 0.831. The van der Waals surface area contributed by atoms with Crippen molar-refractivity contribution in [3.05, 3.63) is 94.1 Å². The molecule has 134 valence electrons. The van der Waals surface area contributed by atoms with E-state index in [0.29, 0.717) is 0 Å². The summed E-state index contributed by atoms with van der Waals surface area (Å²) in [5.41, 5.74) is 6.80. The van der Waals surface area contributed by atoms with Crippen molar-refractivity contribution in [1.29, 1.82) is 0 Å². The van der Waals surface area contributed by atoms with Gasteiger partial charge in [0.05, 0.1) is 0 Å². The van der Waals surface area contributed by atoms with E-state index in [-0.39, 0.29) is 12.2 Å². The minimum absolute atomic E-state index is 0.0372. The molecule has 0 aromatic heterocycles. The third-order valence-electron chi connectivity index (χ3n) is 5.70. The Kier molecular flexibility index (Phi) is 3.15. The normalized spacial score (nSPS) is 13.4. The van der Waals surface area contributed by atoms with Crippen molar-refractivity contribution in [3.63, 3.8) is 0 Å². The SMILES string of the molecule is O=c1cc(-c2ccc3c(c2)OCO3)c2c(c3ccccc13)Cc1ccccc1-2. The highest BCUT2D eigenvalue weighted by Crippen LogP contribution is 2.45. The maximum atomic E-state index is 13.1. The van der Waals surface area contributed by atoms with Crippen molar-refractivity contribution in [3.8, 4) is 33.8 Å². The lowest BCUT2D eigenvalue weighted by atomic mass is 9.96. The zero-order valence-electron chi connectivity index (χ0n) is 15.1. The van der Waals surface area contributed by atoms with E-state index in [1.54, 1.807) is 6.07 Å². The van der Waals surface area contributed by atoms with Crippen LogP contribution in [0.25, 0.3) is 33.0 Å². The average molecular weight is 364 g/mol. The molecule has 2 aliphatic rings. The summed E-state index contributed by atoms with van der Waals surface area (Å²) < 4.78 is 11.0. The second-order valence-electron chi connectivity index (χ2n) is 7.22. The summed E-state index contributed by atoms with van der Waals surface area (Å²) in [5, 5.41) is 1.80. The van der Waals surface area contributed by atoms with Gasteiger partial charge in [-0.3, -0.25) is 4.79 Å². The fourth-order valence-corrected chi connectivity index (χ4v) is 4.43. The van der Waals surface area contributed by atoms with Gasteiger partial charge in [-0.2, -0.15) is 0 Å². The number of hydrogen-bond donors (Lipinski definition) is 0. The van der Waals surface area contributed by atoms with E-state index in [0.717, 1.165) is 45.4 Å². The Bertz CT molecular complexity index is 1340. The third-order valence-corrected chi connectivity index (χ3v) is 5.70. The molecule has 0 N–H and O–H groups in total. The molecule has 0 spiro atoms. The Morgan fingerprint density at radius 1 is 0.714 bits per heavy atom. The van der Waals surface area contributed by atoms with Crippen LogP contribution in [-0.2, 0) is 6.42 Å². The number of hydrogen-bond acceptors (Lipinski definition) is 3. The van der Waals surface area contributed by atoms with Gasteiger partial charge in [-0.05, 0) is 63.4 Å². The Hall–Kier alpha value is -3.59. The van der Waals surface area contributed by atoms with Crippen molar-refractivity contribution in [2.75, 3.05) is 6.79 Å². The van der Waals surface area contributed by atoms with Gasteiger partial charge in [0.25, 0.3) is 0 Å². The Balaban J connectivity index is 1.76. The number of rotatable bonds is 1. The molecule has 0 unspecified atom stereocenters. The molecule has 1 heterocycles. The zero-order chi connectivity index (χ0) is 18.7.